The molecule has 24 heavy (non-hydrogen) atoms. The van der Waals surface area contributed by atoms with Crippen LogP contribution in [0.4, 0.5) is 4.39 Å². The van der Waals surface area contributed by atoms with Crippen molar-refractivity contribution in [3.8, 4) is 5.75 Å². The molecule has 1 aromatic carbocycles. The van der Waals surface area contributed by atoms with Gasteiger partial charge in [-0.2, -0.15) is 0 Å². The Hall–Kier alpha value is -1.78. The Labute approximate surface area is 144 Å². The average molecular weight is 333 g/mol. The number of nitrogens with one attached hydrogen (secondary N) is 1. The van der Waals surface area contributed by atoms with Crippen LogP contribution in [0.2, 0.25) is 0 Å². The van der Waals surface area contributed by atoms with E-state index in [2.05, 4.69) is 15.2 Å². The van der Waals surface area contributed by atoms with Crippen LogP contribution in [-0.2, 0) is 0 Å². The molecule has 0 radical (unpaired) electrons. The third-order valence-corrected chi connectivity index (χ3v) is 5.30. The zero-order valence-corrected chi connectivity index (χ0v) is 14.6. The van der Waals surface area contributed by atoms with Gasteiger partial charge in [0.25, 0.3) is 0 Å². The number of benzene rings is 1. The summed E-state index contributed by atoms with van der Waals surface area (Å²) in [6.45, 7) is 3.86. The summed E-state index contributed by atoms with van der Waals surface area (Å²) >= 11 is 0. The van der Waals surface area contributed by atoms with E-state index in [1.807, 2.05) is 7.05 Å². The van der Waals surface area contributed by atoms with E-state index in [9.17, 15) is 4.39 Å². The molecular formula is C19H28FN3O. The van der Waals surface area contributed by atoms with Crippen LogP contribution in [0.15, 0.2) is 29.3 Å². The first-order chi connectivity index (χ1) is 11.7. The standard InChI is InChI=1S/C19H28FN3O/c1-21-18(23-13-11-19(15-23)9-4-10-19)22-12-2-3-14-24-17-7-5-16(20)6-8-17/h5-8H,2-4,9-15H2,1H3,(H,21,22). The fourth-order valence-electron chi connectivity index (χ4n) is 3.68. The Kier molecular flexibility index (Phi) is 5.59. The van der Waals surface area contributed by atoms with E-state index in [1.54, 1.807) is 12.1 Å². The summed E-state index contributed by atoms with van der Waals surface area (Å²) in [5, 5.41) is 3.47. The number of halogens is 1. The molecule has 2 aliphatic rings. The molecule has 0 amide bonds. The Morgan fingerprint density at radius 2 is 2.04 bits per heavy atom. The number of likely N-dealkylation sites (tertiary alicyclic amines) is 1. The lowest BCUT2D eigenvalue weighted by molar-refractivity contribution is 0.151. The average Bonchev–Trinajstić information content (AvgIpc) is 3.02. The summed E-state index contributed by atoms with van der Waals surface area (Å²) in [5.41, 5.74) is 0.598. The van der Waals surface area contributed by atoms with Gasteiger partial charge >= 0.3 is 0 Å². The first-order valence-corrected chi connectivity index (χ1v) is 9.05. The van der Waals surface area contributed by atoms with Crippen molar-refractivity contribution < 1.29 is 9.13 Å². The van der Waals surface area contributed by atoms with Gasteiger partial charge in [0, 0.05) is 26.7 Å². The largest absolute Gasteiger partial charge is 0.494 e. The second-order valence-electron chi connectivity index (χ2n) is 7.01. The van der Waals surface area contributed by atoms with E-state index in [0.717, 1.165) is 37.6 Å². The van der Waals surface area contributed by atoms with Crippen LogP contribution in [0, 0.1) is 11.2 Å². The van der Waals surface area contributed by atoms with E-state index in [0.29, 0.717) is 12.0 Å². The highest BCUT2D eigenvalue weighted by molar-refractivity contribution is 5.80. The minimum atomic E-state index is -0.233. The molecule has 2 fully saturated rings. The fourth-order valence-corrected chi connectivity index (χ4v) is 3.68. The molecule has 1 aromatic rings. The summed E-state index contributed by atoms with van der Waals surface area (Å²) < 4.78 is 18.4. The second-order valence-corrected chi connectivity index (χ2v) is 7.01. The van der Waals surface area contributed by atoms with Crippen LogP contribution in [0.3, 0.4) is 0 Å². The van der Waals surface area contributed by atoms with Crippen LogP contribution in [-0.4, -0.2) is 44.1 Å². The van der Waals surface area contributed by atoms with Crippen molar-refractivity contribution in [2.45, 2.75) is 38.5 Å². The minimum absolute atomic E-state index is 0.233. The Bertz CT molecular complexity index is 554. The summed E-state index contributed by atoms with van der Waals surface area (Å²) in [6.07, 6.45) is 7.49. The third kappa shape index (κ3) is 4.19. The van der Waals surface area contributed by atoms with Crippen LogP contribution >= 0.6 is 0 Å². The van der Waals surface area contributed by atoms with E-state index in [-0.39, 0.29) is 5.82 Å². The highest BCUT2D eigenvalue weighted by Gasteiger charge is 2.43. The third-order valence-electron chi connectivity index (χ3n) is 5.30. The molecule has 4 nitrogen and oxygen atoms in total. The zero-order valence-electron chi connectivity index (χ0n) is 14.6. The summed E-state index contributed by atoms with van der Waals surface area (Å²) in [5.74, 6) is 1.53. The number of rotatable bonds is 6. The molecule has 3 rings (SSSR count). The molecule has 1 N–H and O–H groups in total. The van der Waals surface area contributed by atoms with Gasteiger partial charge in [-0.25, -0.2) is 4.39 Å². The van der Waals surface area contributed by atoms with E-state index in [4.69, 9.17) is 4.74 Å². The first kappa shape index (κ1) is 17.1. The Morgan fingerprint density at radius 1 is 1.25 bits per heavy atom. The SMILES string of the molecule is CN=C(NCCCCOc1ccc(F)cc1)N1CCC2(CCC2)C1. The van der Waals surface area contributed by atoms with Crippen molar-refractivity contribution in [3.05, 3.63) is 30.1 Å². The summed E-state index contributed by atoms with van der Waals surface area (Å²) in [7, 11) is 1.87. The van der Waals surface area contributed by atoms with Crippen LogP contribution in [0.1, 0.15) is 38.5 Å². The number of aliphatic imine (C=N–C) groups is 1. The van der Waals surface area contributed by atoms with Crippen molar-refractivity contribution >= 4 is 5.96 Å². The molecular weight excluding hydrogens is 305 g/mol. The molecule has 1 saturated heterocycles. The van der Waals surface area contributed by atoms with Crippen LogP contribution < -0.4 is 10.1 Å². The normalized spacial score (nSPS) is 19.4. The topological polar surface area (TPSA) is 36.9 Å². The number of ether oxygens (including phenoxy) is 1. The van der Waals surface area contributed by atoms with Gasteiger partial charge in [-0.3, -0.25) is 4.99 Å². The predicted molar refractivity (Wildman–Crippen MR) is 95.0 cm³/mol. The Balaban J connectivity index is 1.30. The zero-order chi connectivity index (χ0) is 16.8. The van der Waals surface area contributed by atoms with Gasteiger partial charge in [-0.15, -0.1) is 0 Å². The van der Waals surface area contributed by atoms with Crippen molar-refractivity contribution in [2.75, 3.05) is 33.3 Å². The first-order valence-electron chi connectivity index (χ1n) is 9.05. The summed E-state index contributed by atoms with van der Waals surface area (Å²) in [4.78, 5) is 6.84. The maximum Gasteiger partial charge on any atom is 0.193 e. The molecule has 5 heteroatoms. The lowest BCUT2D eigenvalue weighted by Gasteiger charge is -2.38. The van der Waals surface area contributed by atoms with Gasteiger partial charge in [0.15, 0.2) is 5.96 Å². The van der Waals surface area contributed by atoms with E-state index < -0.39 is 0 Å². The molecule has 1 heterocycles. The maximum absolute atomic E-state index is 12.8. The van der Waals surface area contributed by atoms with E-state index in [1.165, 1.54) is 44.4 Å². The lowest BCUT2D eigenvalue weighted by Crippen LogP contribution is -2.42. The minimum Gasteiger partial charge on any atom is -0.494 e. The predicted octanol–water partition coefficient (Wildman–Crippen LogP) is 3.44. The molecule has 132 valence electrons. The fraction of sp³-hybridized carbons (Fsp3) is 0.632. The quantitative estimate of drug-likeness (QED) is 0.492. The number of nitrogens with zero attached hydrogens (tertiary/aromatic N) is 2. The number of hydrogen-bond acceptors (Lipinski definition) is 2. The Morgan fingerprint density at radius 3 is 2.67 bits per heavy atom. The van der Waals surface area contributed by atoms with Crippen molar-refractivity contribution in [1.82, 2.24) is 10.2 Å². The number of guanidine groups is 1. The summed E-state index contributed by atoms with van der Waals surface area (Å²) in [6, 6.07) is 6.18. The maximum atomic E-state index is 12.8. The molecule has 1 saturated carbocycles. The lowest BCUT2D eigenvalue weighted by atomic mass is 9.68. The van der Waals surface area contributed by atoms with Gasteiger partial charge in [0.2, 0.25) is 0 Å². The highest BCUT2D eigenvalue weighted by Crippen LogP contribution is 2.47. The van der Waals surface area contributed by atoms with E-state index >= 15 is 0 Å². The number of unbranched alkanes of at least 4 members (excludes halogenated alkanes) is 1. The molecule has 1 aliphatic heterocycles. The van der Waals surface area contributed by atoms with Crippen molar-refractivity contribution in [1.29, 1.82) is 0 Å². The highest BCUT2D eigenvalue weighted by atomic mass is 19.1. The van der Waals surface area contributed by atoms with Crippen molar-refractivity contribution in [3.63, 3.8) is 0 Å². The van der Waals surface area contributed by atoms with Gasteiger partial charge in [-0.05, 0) is 61.8 Å². The molecule has 1 aliphatic carbocycles. The van der Waals surface area contributed by atoms with Gasteiger partial charge < -0.3 is 15.0 Å². The van der Waals surface area contributed by atoms with Gasteiger partial charge in [0.1, 0.15) is 11.6 Å². The smallest absolute Gasteiger partial charge is 0.193 e. The monoisotopic (exact) mass is 333 g/mol. The number of hydrogen-bond donors (Lipinski definition) is 1. The van der Waals surface area contributed by atoms with Gasteiger partial charge in [-0.1, -0.05) is 6.42 Å². The van der Waals surface area contributed by atoms with Crippen molar-refractivity contribution in [2.24, 2.45) is 10.4 Å². The molecule has 1 spiro atoms. The van der Waals surface area contributed by atoms with Crippen LogP contribution in [0.25, 0.3) is 0 Å². The molecule has 0 atom stereocenters. The van der Waals surface area contributed by atoms with Crippen LogP contribution in [0.5, 0.6) is 5.75 Å². The second kappa shape index (κ2) is 7.86. The molecule has 0 unspecified atom stereocenters. The molecule has 0 aromatic heterocycles. The molecule has 0 bridgehead atoms. The van der Waals surface area contributed by atoms with Gasteiger partial charge in [0.05, 0.1) is 6.61 Å².